The molecule has 0 radical (unpaired) electrons. The van der Waals surface area contributed by atoms with Gasteiger partial charge in [0, 0.05) is 15.7 Å². The third-order valence-corrected chi connectivity index (χ3v) is 4.32. The standard InChI is InChI=1S/C18H17Cl3N2O2/c1-10(2)16(18(25)22-13-6-3-11(19)4-7-13)23-17(24)14-8-5-12(20)9-15(14)21/h3-10,16H,1-2H3,(H,22,25)(H,23,24)/t16-/m0/s1. The van der Waals surface area contributed by atoms with Crippen LogP contribution in [0.2, 0.25) is 15.1 Å². The monoisotopic (exact) mass is 398 g/mol. The summed E-state index contributed by atoms with van der Waals surface area (Å²) in [5.74, 6) is -0.885. The Morgan fingerprint density at radius 3 is 2.08 bits per heavy atom. The predicted molar refractivity (Wildman–Crippen MR) is 103 cm³/mol. The Bertz CT molecular complexity index is 776. The largest absolute Gasteiger partial charge is 0.340 e. The second-order valence-electron chi connectivity index (χ2n) is 5.82. The number of amides is 2. The first-order valence-corrected chi connectivity index (χ1v) is 8.73. The number of carbonyl (C=O) groups excluding carboxylic acids is 2. The molecule has 0 aliphatic rings. The van der Waals surface area contributed by atoms with Crippen molar-refractivity contribution in [3.8, 4) is 0 Å². The first-order chi connectivity index (χ1) is 11.8. The Morgan fingerprint density at radius 1 is 0.920 bits per heavy atom. The van der Waals surface area contributed by atoms with E-state index in [1.807, 2.05) is 13.8 Å². The fourth-order valence-electron chi connectivity index (χ4n) is 2.18. The topological polar surface area (TPSA) is 58.2 Å². The average Bonchev–Trinajstić information content (AvgIpc) is 2.54. The third-order valence-electron chi connectivity index (χ3n) is 3.52. The number of halogens is 3. The van der Waals surface area contributed by atoms with Gasteiger partial charge in [-0.3, -0.25) is 9.59 Å². The van der Waals surface area contributed by atoms with Gasteiger partial charge in [0.15, 0.2) is 0 Å². The van der Waals surface area contributed by atoms with Crippen LogP contribution in [0.15, 0.2) is 42.5 Å². The lowest BCUT2D eigenvalue weighted by molar-refractivity contribution is -0.118. The molecule has 0 aromatic heterocycles. The molecule has 1 atom stereocenters. The molecule has 0 spiro atoms. The summed E-state index contributed by atoms with van der Waals surface area (Å²) in [6, 6.07) is 10.6. The van der Waals surface area contributed by atoms with Gasteiger partial charge in [-0.15, -0.1) is 0 Å². The van der Waals surface area contributed by atoms with Gasteiger partial charge in [-0.2, -0.15) is 0 Å². The Hall–Kier alpha value is -1.75. The predicted octanol–water partition coefficient (Wildman–Crippen LogP) is 5.04. The summed E-state index contributed by atoms with van der Waals surface area (Å²) in [6.07, 6.45) is 0. The van der Waals surface area contributed by atoms with Gasteiger partial charge in [-0.05, 0) is 48.4 Å². The SMILES string of the molecule is CC(C)[C@H](NC(=O)c1ccc(Cl)cc1Cl)C(=O)Nc1ccc(Cl)cc1. The minimum atomic E-state index is -0.727. The maximum Gasteiger partial charge on any atom is 0.253 e. The van der Waals surface area contributed by atoms with Crippen molar-refractivity contribution in [3.63, 3.8) is 0 Å². The highest BCUT2D eigenvalue weighted by molar-refractivity contribution is 6.36. The van der Waals surface area contributed by atoms with Crippen LogP contribution in [0.1, 0.15) is 24.2 Å². The summed E-state index contributed by atoms with van der Waals surface area (Å²) in [5.41, 5.74) is 0.856. The van der Waals surface area contributed by atoms with Gasteiger partial charge in [0.1, 0.15) is 6.04 Å². The molecule has 0 aliphatic carbocycles. The molecule has 2 N–H and O–H groups in total. The van der Waals surface area contributed by atoms with Crippen molar-refractivity contribution in [1.82, 2.24) is 5.32 Å². The Labute approximate surface area is 161 Å². The molecule has 7 heteroatoms. The second kappa shape index (κ2) is 8.56. The molecule has 2 aromatic rings. The van der Waals surface area contributed by atoms with Crippen LogP contribution in [0.3, 0.4) is 0 Å². The smallest absolute Gasteiger partial charge is 0.253 e. The minimum absolute atomic E-state index is 0.123. The molecule has 0 aliphatic heterocycles. The lowest BCUT2D eigenvalue weighted by Gasteiger charge is -2.22. The molecule has 0 unspecified atom stereocenters. The molecule has 25 heavy (non-hydrogen) atoms. The van der Waals surface area contributed by atoms with Crippen LogP contribution in [0.25, 0.3) is 0 Å². The summed E-state index contributed by atoms with van der Waals surface area (Å²) in [4.78, 5) is 25.0. The van der Waals surface area contributed by atoms with Gasteiger partial charge in [-0.25, -0.2) is 0 Å². The summed E-state index contributed by atoms with van der Waals surface area (Å²) < 4.78 is 0. The zero-order chi connectivity index (χ0) is 18.6. The van der Waals surface area contributed by atoms with E-state index in [0.29, 0.717) is 15.7 Å². The number of rotatable bonds is 5. The Morgan fingerprint density at radius 2 is 1.52 bits per heavy atom. The molecule has 0 saturated carbocycles. The van der Waals surface area contributed by atoms with Crippen molar-refractivity contribution >= 4 is 52.3 Å². The van der Waals surface area contributed by atoms with E-state index in [1.165, 1.54) is 12.1 Å². The van der Waals surface area contributed by atoms with Crippen LogP contribution in [0, 0.1) is 5.92 Å². The highest BCUT2D eigenvalue weighted by Gasteiger charge is 2.25. The lowest BCUT2D eigenvalue weighted by Crippen LogP contribution is -2.47. The van der Waals surface area contributed by atoms with Crippen molar-refractivity contribution < 1.29 is 9.59 Å². The first-order valence-electron chi connectivity index (χ1n) is 7.60. The summed E-state index contributed by atoms with van der Waals surface area (Å²) in [7, 11) is 0. The maximum absolute atomic E-state index is 12.5. The zero-order valence-corrected chi connectivity index (χ0v) is 15.9. The van der Waals surface area contributed by atoms with E-state index < -0.39 is 11.9 Å². The van der Waals surface area contributed by atoms with Gasteiger partial charge in [-0.1, -0.05) is 48.7 Å². The van der Waals surface area contributed by atoms with Crippen LogP contribution in [-0.2, 0) is 4.79 Å². The van der Waals surface area contributed by atoms with Gasteiger partial charge in [0.25, 0.3) is 5.91 Å². The molecule has 2 rings (SSSR count). The second-order valence-corrected chi connectivity index (χ2v) is 7.10. The van der Waals surface area contributed by atoms with E-state index in [9.17, 15) is 9.59 Å². The van der Waals surface area contributed by atoms with Crippen LogP contribution in [0.4, 0.5) is 5.69 Å². The number of hydrogen-bond acceptors (Lipinski definition) is 2. The van der Waals surface area contributed by atoms with Crippen LogP contribution >= 0.6 is 34.8 Å². The highest BCUT2D eigenvalue weighted by atomic mass is 35.5. The van der Waals surface area contributed by atoms with Gasteiger partial charge in [0.05, 0.1) is 10.6 Å². The van der Waals surface area contributed by atoms with Crippen LogP contribution in [-0.4, -0.2) is 17.9 Å². The first kappa shape index (κ1) is 19.6. The molecule has 2 amide bonds. The van der Waals surface area contributed by atoms with Crippen molar-refractivity contribution in [3.05, 3.63) is 63.1 Å². The highest BCUT2D eigenvalue weighted by Crippen LogP contribution is 2.21. The number of nitrogens with one attached hydrogen (secondary N) is 2. The molecule has 0 saturated heterocycles. The number of benzene rings is 2. The van der Waals surface area contributed by atoms with E-state index in [1.54, 1.807) is 30.3 Å². The summed E-state index contributed by atoms with van der Waals surface area (Å²) >= 11 is 17.7. The van der Waals surface area contributed by atoms with Crippen molar-refractivity contribution in [2.45, 2.75) is 19.9 Å². The average molecular weight is 400 g/mol. The minimum Gasteiger partial charge on any atom is -0.340 e. The van der Waals surface area contributed by atoms with Crippen molar-refractivity contribution in [2.75, 3.05) is 5.32 Å². The Kier molecular flexibility index (Phi) is 6.71. The molecule has 2 aromatic carbocycles. The van der Waals surface area contributed by atoms with Gasteiger partial charge >= 0.3 is 0 Å². The fraction of sp³-hybridized carbons (Fsp3) is 0.222. The van der Waals surface area contributed by atoms with E-state index in [-0.39, 0.29) is 22.4 Å². The van der Waals surface area contributed by atoms with E-state index in [2.05, 4.69) is 10.6 Å². The molecular weight excluding hydrogens is 383 g/mol. The summed E-state index contributed by atoms with van der Waals surface area (Å²) in [5, 5.41) is 6.72. The number of carbonyl (C=O) groups is 2. The molecule has 0 bridgehead atoms. The molecular formula is C18H17Cl3N2O2. The molecule has 4 nitrogen and oxygen atoms in total. The number of anilines is 1. The van der Waals surface area contributed by atoms with Crippen molar-refractivity contribution in [1.29, 1.82) is 0 Å². The van der Waals surface area contributed by atoms with Crippen LogP contribution in [0.5, 0.6) is 0 Å². The summed E-state index contributed by atoms with van der Waals surface area (Å²) in [6.45, 7) is 3.69. The van der Waals surface area contributed by atoms with Gasteiger partial charge < -0.3 is 10.6 Å². The third kappa shape index (κ3) is 5.36. The molecule has 0 heterocycles. The van der Waals surface area contributed by atoms with E-state index >= 15 is 0 Å². The van der Waals surface area contributed by atoms with Crippen LogP contribution < -0.4 is 10.6 Å². The Balaban J connectivity index is 2.13. The molecule has 132 valence electrons. The zero-order valence-electron chi connectivity index (χ0n) is 13.6. The quantitative estimate of drug-likeness (QED) is 0.740. The molecule has 0 fully saturated rings. The fourth-order valence-corrected chi connectivity index (χ4v) is 2.80. The van der Waals surface area contributed by atoms with Crippen molar-refractivity contribution in [2.24, 2.45) is 5.92 Å². The van der Waals surface area contributed by atoms with Gasteiger partial charge in [0.2, 0.25) is 5.91 Å². The van der Waals surface area contributed by atoms with E-state index in [4.69, 9.17) is 34.8 Å². The number of hydrogen-bond donors (Lipinski definition) is 2. The lowest BCUT2D eigenvalue weighted by atomic mass is 10.0. The maximum atomic E-state index is 12.5. The normalized spacial score (nSPS) is 11.9. The van der Waals surface area contributed by atoms with E-state index in [0.717, 1.165) is 0 Å².